The molecule has 1 N–H and O–H groups in total. The molecule has 0 radical (unpaired) electrons. The summed E-state index contributed by atoms with van der Waals surface area (Å²) in [7, 11) is 0. The zero-order chi connectivity index (χ0) is 11.8. The smallest absolute Gasteiger partial charge is 0.338 e. The Kier molecular flexibility index (Phi) is 5.12. The number of nitrogens with one attached hydrogen (secondary N) is 1. The molecule has 0 aliphatic rings. The maximum atomic E-state index is 11.4. The third kappa shape index (κ3) is 3.77. The maximum absolute atomic E-state index is 11.4. The first-order valence-corrected chi connectivity index (χ1v) is 5.40. The summed E-state index contributed by atoms with van der Waals surface area (Å²) in [5, 5.41) is 3.20. The fraction of sp³-hybridized carbons (Fsp3) is 0.308. The number of esters is 1. The van der Waals surface area contributed by atoms with Crippen molar-refractivity contribution in [1.82, 2.24) is 0 Å². The minimum Gasteiger partial charge on any atom is -0.462 e. The quantitative estimate of drug-likeness (QED) is 0.611. The maximum Gasteiger partial charge on any atom is 0.338 e. The summed E-state index contributed by atoms with van der Waals surface area (Å²) in [5.41, 5.74) is 1.57. The Labute approximate surface area is 96.1 Å². The Morgan fingerprint density at radius 2 is 2.06 bits per heavy atom. The molecule has 0 aliphatic carbocycles. The fourth-order valence-electron chi connectivity index (χ4n) is 1.23. The first-order chi connectivity index (χ1) is 7.77. The number of allylic oxidation sites excluding steroid dienone is 1. The van der Waals surface area contributed by atoms with E-state index in [1.165, 1.54) is 0 Å². The van der Waals surface area contributed by atoms with E-state index in [0.717, 1.165) is 12.2 Å². The van der Waals surface area contributed by atoms with Gasteiger partial charge in [0.25, 0.3) is 0 Å². The van der Waals surface area contributed by atoms with E-state index in [1.807, 2.05) is 31.2 Å². The fourth-order valence-corrected chi connectivity index (χ4v) is 1.23. The molecule has 0 saturated carbocycles. The second kappa shape index (κ2) is 6.67. The van der Waals surface area contributed by atoms with Crippen molar-refractivity contribution in [2.45, 2.75) is 13.8 Å². The van der Waals surface area contributed by atoms with Crippen molar-refractivity contribution >= 4 is 11.7 Å². The number of rotatable bonds is 5. The number of hydrogen-bond acceptors (Lipinski definition) is 3. The van der Waals surface area contributed by atoms with Crippen LogP contribution in [0.3, 0.4) is 0 Å². The van der Waals surface area contributed by atoms with E-state index < -0.39 is 0 Å². The van der Waals surface area contributed by atoms with E-state index in [4.69, 9.17) is 4.74 Å². The van der Waals surface area contributed by atoms with Gasteiger partial charge in [-0.05, 0) is 38.1 Å². The number of carbonyl (C=O) groups is 1. The van der Waals surface area contributed by atoms with Gasteiger partial charge in [-0.1, -0.05) is 12.2 Å². The zero-order valence-corrected chi connectivity index (χ0v) is 9.69. The van der Waals surface area contributed by atoms with Gasteiger partial charge in [0.1, 0.15) is 0 Å². The summed E-state index contributed by atoms with van der Waals surface area (Å²) in [5.74, 6) is -0.275. The Bertz CT molecular complexity index is 355. The molecule has 0 bridgehead atoms. The average Bonchev–Trinajstić information content (AvgIpc) is 2.30. The Hall–Kier alpha value is -1.77. The number of ether oxygens (including phenoxy) is 1. The van der Waals surface area contributed by atoms with E-state index in [2.05, 4.69) is 5.32 Å². The van der Waals surface area contributed by atoms with Crippen molar-refractivity contribution in [3.63, 3.8) is 0 Å². The topological polar surface area (TPSA) is 38.3 Å². The molecule has 1 aromatic carbocycles. The second-order valence-electron chi connectivity index (χ2n) is 3.25. The molecule has 1 rings (SSSR count). The van der Waals surface area contributed by atoms with E-state index in [1.54, 1.807) is 19.1 Å². The van der Waals surface area contributed by atoms with Crippen molar-refractivity contribution in [1.29, 1.82) is 0 Å². The number of anilines is 1. The molecule has 3 heteroatoms. The average molecular weight is 219 g/mol. The highest BCUT2D eigenvalue weighted by Crippen LogP contribution is 2.10. The van der Waals surface area contributed by atoms with Crippen LogP contribution >= 0.6 is 0 Å². The van der Waals surface area contributed by atoms with Crippen LogP contribution in [0.1, 0.15) is 24.2 Å². The van der Waals surface area contributed by atoms with Crippen molar-refractivity contribution in [3.05, 3.63) is 42.0 Å². The standard InChI is InChI=1S/C13H17NO2/c1-3-5-10-14-12-8-6-11(7-9-12)13(15)16-4-2/h3,5-9,14H,4,10H2,1-2H3/b5-3+. The highest BCUT2D eigenvalue weighted by atomic mass is 16.5. The summed E-state index contributed by atoms with van der Waals surface area (Å²) >= 11 is 0. The summed E-state index contributed by atoms with van der Waals surface area (Å²) < 4.78 is 4.90. The van der Waals surface area contributed by atoms with E-state index in [9.17, 15) is 4.79 Å². The van der Waals surface area contributed by atoms with Crippen LogP contribution in [-0.4, -0.2) is 19.1 Å². The lowest BCUT2D eigenvalue weighted by molar-refractivity contribution is 0.0526. The minimum absolute atomic E-state index is 0.275. The van der Waals surface area contributed by atoms with Crippen LogP contribution in [0.2, 0.25) is 0 Å². The predicted molar refractivity (Wildman–Crippen MR) is 65.7 cm³/mol. The molecule has 3 nitrogen and oxygen atoms in total. The monoisotopic (exact) mass is 219 g/mol. The van der Waals surface area contributed by atoms with Crippen LogP contribution < -0.4 is 5.32 Å². The van der Waals surface area contributed by atoms with Gasteiger partial charge in [0.05, 0.1) is 12.2 Å². The number of carbonyl (C=O) groups excluding carboxylic acids is 1. The lowest BCUT2D eigenvalue weighted by atomic mass is 10.2. The lowest BCUT2D eigenvalue weighted by Gasteiger charge is -2.05. The van der Waals surface area contributed by atoms with E-state index in [-0.39, 0.29) is 5.97 Å². The van der Waals surface area contributed by atoms with E-state index in [0.29, 0.717) is 12.2 Å². The third-order valence-corrected chi connectivity index (χ3v) is 2.06. The van der Waals surface area contributed by atoms with Gasteiger partial charge in [-0.25, -0.2) is 4.79 Å². The minimum atomic E-state index is -0.275. The lowest BCUT2D eigenvalue weighted by Crippen LogP contribution is -2.05. The molecule has 0 heterocycles. The van der Waals surface area contributed by atoms with Crippen molar-refractivity contribution in [2.24, 2.45) is 0 Å². The first kappa shape index (κ1) is 12.3. The molecule has 0 spiro atoms. The molecular weight excluding hydrogens is 202 g/mol. The van der Waals surface area contributed by atoms with Crippen LogP contribution in [0.15, 0.2) is 36.4 Å². The van der Waals surface area contributed by atoms with Crippen molar-refractivity contribution in [2.75, 3.05) is 18.5 Å². The van der Waals surface area contributed by atoms with Gasteiger partial charge in [0, 0.05) is 12.2 Å². The normalized spacial score (nSPS) is 10.4. The molecule has 0 atom stereocenters. The second-order valence-corrected chi connectivity index (χ2v) is 3.25. The van der Waals surface area contributed by atoms with Gasteiger partial charge in [0.15, 0.2) is 0 Å². The zero-order valence-electron chi connectivity index (χ0n) is 9.69. The van der Waals surface area contributed by atoms with Crippen LogP contribution in [0.25, 0.3) is 0 Å². The van der Waals surface area contributed by atoms with Crippen molar-refractivity contribution in [3.8, 4) is 0 Å². The Morgan fingerprint density at radius 3 is 2.62 bits per heavy atom. The summed E-state index contributed by atoms with van der Waals surface area (Å²) in [6.45, 7) is 4.96. The summed E-state index contributed by atoms with van der Waals surface area (Å²) in [6, 6.07) is 7.26. The van der Waals surface area contributed by atoms with Crippen molar-refractivity contribution < 1.29 is 9.53 Å². The molecule has 0 unspecified atom stereocenters. The largest absolute Gasteiger partial charge is 0.462 e. The molecule has 1 aromatic rings. The first-order valence-electron chi connectivity index (χ1n) is 5.40. The van der Waals surface area contributed by atoms with Gasteiger partial charge in [-0.2, -0.15) is 0 Å². The Balaban J connectivity index is 2.57. The van der Waals surface area contributed by atoms with Gasteiger partial charge in [-0.3, -0.25) is 0 Å². The molecule has 0 saturated heterocycles. The molecule has 0 fully saturated rings. The van der Waals surface area contributed by atoms with Crippen LogP contribution in [0.5, 0.6) is 0 Å². The number of benzene rings is 1. The van der Waals surface area contributed by atoms with Crippen LogP contribution in [0.4, 0.5) is 5.69 Å². The summed E-state index contributed by atoms with van der Waals surface area (Å²) in [4.78, 5) is 11.4. The molecule has 0 amide bonds. The van der Waals surface area contributed by atoms with Crippen LogP contribution in [-0.2, 0) is 4.74 Å². The SMILES string of the molecule is C/C=C/CNc1ccc(C(=O)OCC)cc1. The third-order valence-electron chi connectivity index (χ3n) is 2.06. The number of hydrogen-bond donors (Lipinski definition) is 1. The van der Waals surface area contributed by atoms with Crippen LogP contribution in [0, 0.1) is 0 Å². The Morgan fingerprint density at radius 1 is 1.38 bits per heavy atom. The molecule has 0 aromatic heterocycles. The van der Waals surface area contributed by atoms with Gasteiger partial charge < -0.3 is 10.1 Å². The van der Waals surface area contributed by atoms with Gasteiger partial charge in [0.2, 0.25) is 0 Å². The highest BCUT2D eigenvalue weighted by molar-refractivity contribution is 5.89. The summed E-state index contributed by atoms with van der Waals surface area (Å²) in [6.07, 6.45) is 4.01. The highest BCUT2D eigenvalue weighted by Gasteiger charge is 2.04. The predicted octanol–water partition coefficient (Wildman–Crippen LogP) is 2.85. The molecular formula is C13H17NO2. The molecule has 86 valence electrons. The molecule has 0 aliphatic heterocycles. The van der Waals surface area contributed by atoms with Gasteiger partial charge >= 0.3 is 5.97 Å². The van der Waals surface area contributed by atoms with E-state index >= 15 is 0 Å². The molecule has 16 heavy (non-hydrogen) atoms. The van der Waals surface area contributed by atoms with Gasteiger partial charge in [-0.15, -0.1) is 0 Å².